The number of nitrogens with one attached hydrogen (secondary N) is 1. The van der Waals surface area contributed by atoms with E-state index in [4.69, 9.17) is 4.74 Å². The van der Waals surface area contributed by atoms with Gasteiger partial charge in [-0.05, 0) is 50.5 Å². The highest BCUT2D eigenvalue weighted by molar-refractivity contribution is 4.98. The standard InChI is InChI=1S/C17H33NO2/c1-3-18-17(13-19)10-5-7-15(17)9-11-20-16-8-4-6-14(2)12-16/h14-16,18-19H,3-13H2,1-2H3. The molecule has 0 spiro atoms. The SMILES string of the molecule is CCNC1(CO)CCCC1CCOC1CCCC(C)C1. The molecule has 2 N–H and O–H groups in total. The summed E-state index contributed by atoms with van der Waals surface area (Å²) in [5.41, 5.74) is -0.0298. The van der Waals surface area contributed by atoms with Gasteiger partial charge in [0.25, 0.3) is 0 Å². The molecule has 4 atom stereocenters. The van der Waals surface area contributed by atoms with Crippen LogP contribution in [0, 0.1) is 11.8 Å². The molecule has 0 aromatic rings. The maximum atomic E-state index is 9.80. The Kier molecular flexibility index (Phi) is 6.31. The number of likely N-dealkylation sites (N-methyl/N-ethyl adjacent to an activating group) is 1. The lowest BCUT2D eigenvalue weighted by molar-refractivity contribution is 0.00168. The minimum atomic E-state index is -0.0298. The molecule has 20 heavy (non-hydrogen) atoms. The van der Waals surface area contributed by atoms with E-state index in [0.717, 1.165) is 31.9 Å². The molecule has 2 aliphatic carbocycles. The fourth-order valence-electron chi connectivity index (χ4n) is 4.32. The number of aliphatic hydroxyl groups excluding tert-OH is 1. The lowest BCUT2D eigenvalue weighted by Gasteiger charge is -2.35. The molecular weight excluding hydrogens is 250 g/mol. The molecular formula is C17H33NO2. The van der Waals surface area contributed by atoms with Gasteiger partial charge >= 0.3 is 0 Å². The van der Waals surface area contributed by atoms with Crippen LogP contribution in [0.1, 0.15) is 65.2 Å². The summed E-state index contributed by atoms with van der Waals surface area (Å²) in [6.45, 7) is 6.56. The van der Waals surface area contributed by atoms with Gasteiger partial charge in [-0.2, -0.15) is 0 Å². The van der Waals surface area contributed by atoms with E-state index in [9.17, 15) is 5.11 Å². The molecule has 0 aliphatic heterocycles. The van der Waals surface area contributed by atoms with Crippen LogP contribution in [-0.4, -0.2) is 36.5 Å². The summed E-state index contributed by atoms with van der Waals surface area (Å²) in [4.78, 5) is 0. The Morgan fingerprint density at radius 2 is 2.10 bits per heavy atom. The average Bonchev–Trinajstić information content (AvgIpc) is 2.83. The zero-order chi connectivity index (χ0) is 14.4. The van der Waals surface area contributed by atoms with Crippen molar-refractivity contribution in [2.45, 2.75) is 76.9 Å². The van der Waals surface area contributed by atoms with Gasteiger partial charge in [0, 0.05) is 12.1 Å². The highest BCUT2D eigenvalue weighted by Crippen LogP contribution is 2.38. The van der Waals surface area contributed by atoms with Crippen molar-refractivity contribution < 1.29 is 9.84 Å². The summed E-state index contributed by atoms with van der Waals surface area (Å²) in [5.74, 6) is 1.41. The van der Waals surface area contributed by atoms with Crippen LogP contribution in [-0.2, 0) is 4.74 Å². The monoisotopic (exact) mass is 283 g/mol. The quantitative estimate of drug-likeness (QED) is 0.754. The highest BCUT2D eigenvalue weighted by atomic mass is 16.5. The Morgan fingerprint density at radius 1 is 1.25 bits per heavy atom. The molecule has 0 radical (unpaired) electrons. The summed E-state index contributed by atoms with van der Waals surface area (Å²) in [6.07, 6.45) is 10.3. The van der Waals surface area contributed by atoms with E-state index >= 15 is 0 Å². The van der Waals surface area contributed by atoms with Crippen LogP contribution in [0.5, 0.6) is 0 Å². The van der Waals surface area contributed by atoms with E-state index in [0.29, 0.717) is 12.0 Å². The minimum absolute atomic E-state index is 0.0298. The van der Waals surface area contributed by atoms with Crippen LogP contribution in [0.25, 0.3) is 0 Å². The van der Waals surface area contributed by atoms with Crippen molar-refractivity contribution in [3.8, 4) is 0 Å². The normalized spacial score (nSPS) is 38.2. The van der Waals surface area contributed by atoms with Crippen LogP contribution in [0.2, 0.25) is 0 Å². The van der Waals surface area contributed by atoms with Crippen molar-refractivity contribution >= 4 is 0 Å². The van der Waals surface area contributed by atoms with Crippen molar-refractivity contribution in [3.63, 3.8) is 0 Å². The molecule has 4 unspecified atom stereocenters. The summed E-state index contributed by atoms with van der Waals surface area (Å²) >= 11 is 0. The maximum absolute atomic E-state index is 9.80. The Bertz CT molecular complexity index is 284. The summed E-state index contributed by atoms with van der Waals surface area (Å²) in [6, 6.07) is 0. The van der Waals surface area contributed by atoms with Crippen molar-refractivity contribution in [1.82, 2.24) is 5.32 Å². The third-order valence-corrected chi connectivity index (χ3v) is 5.48. The molecule has 0 heterocycles. The molecule has 0 amide bonds. The zero-order valence-electron chi connectivity index (χ0n) is 13.4. The van der Waals surface area contributed by atoms with E-state index < -0.39 is 0 Å². The molecule has 0 aromatic heterocycles. The molecule has 118 valence electrons. The van der Waals surface area contributed by atoms with E-state index in [1.807, 2.05) is 0 Å². The van der Waals surface area contributed by atoms with Gasteiger partial charge in [0.2, 0.25) is 0 Å². The topological polar surface area (TPSA) is 41.5 Å². The molecule has 0 saturated heterocycles. The number of rotatable bonds is 7. The summed E-state index contributed by atoms with van der Waals surface area (Å²) < 4.78 is 6.12. The first kappa shape index (κ1) is 16.3. The van der Waals surface area contributed by atoms with E-state index in [2.05, 4.69) is 19.2 Å². The van der Waals surface area contributed by atoms with Gasteiger partial charge in [-0.25, -0.2) is 0 Å². The Hall–Kier alpha value is -0.120. The van der Waals surface area contributed by atoms with Crippen molar-refractivity contribution in [2.75, 3.05) is 19.8 Å². The molecule has 2 fully saturated rings. The van der Waals surface area contributed by atoms with Crippen molar-refractivity contribution in [2.24, 2.45) is 11.8 Å². The third-order valence-electron chi connectivity index (χ3n) is 5.48. The molecule has 2 rings (SSSR count). The fraction of sp³-hybridized carbons (Fsp3) is 1.00. The van der Waals surface area contributed by atoms with Gasteiger partial charge in [0.15, 0.2) is 0 Å². The van der Waals surface area contributed by atoms with Gasteiger partial charge in [0.05, 0.1) is 12.7 Å². The predicted molar refractivity (Wildman–Crippen MR) is 82.8 cm³/mol. The predicted octanol–water partition coefficient (Wildman–Crippen LogP) is 3.11. The minimum Gasteiger partial charge on any atom is -0.394 e. The zero-order valence-corrected chi connectivity index (χ0v) is 13.4. The van der Waals surface area contributed by atoms with Crippen LogP contribution >= 0.6 is 0 Å². The lowest BCUT2D eigenvalue weighted by atomic mass is 9.85. The van der Waals surface area contributed by atoms with Gasteiger partial charge < -0.3 is 15.2 Å². The number of aliphatic hydroxyl groups is 1. The van der Waals surface area contributed by atoms with Crippen LogP contribution in [0.15, 0.2) is 0 Å². The molecule has 0 bridgehead atoms. The molecule has 3 heteroatoms. The van der Waals surface area contributed by atoms with Gasteiger partial charge in [-0.3, -0.25) is 0 Å². The van der Waals surface area contributed by atoms with Gasteiger partial charge in [-0.15, -0.1) is 0 Å². The fourth-order valence-corrected chi connectivity index (χ4v) is 4.32. The van der Waals surface area contributed by atoms with Crippen molar-refractivity contribution in [1.29, 1.82) is 0 Å². The largest absolute Gasteiger partial charge is 0.394 e. The Balaban J connectivity index is 1.75. The highest BCUT2D eigenvalue weighted by Gasteiger charge is 2.41. The average molecular weight is 283 g/mol. The molecule has 2 aliphatic rings. The van der Waals surface area contributed by atoms with E-state index in [1.165, 1.54) is 38.5 Å². The first-order chi connectivity index (χ1) is 9.70. The third kappa shape index (κ3) is 3.96. The smallest absolute Gasteiger partial charge is 0.0616 e. The number of hydrogen-bond acceptors (Lipinski definition) is 3. The first-order valence-electron chi connectivity index (χ1n) is 8.67. The Labute approximate surface area is 124 Å². The van der Waals surface area contributed by atoms with E-state index in [-0.39, 0.29) is 12.1 Å². The van der Waals surface area contributed by atoms with Crippen LogP contribution in [0.3, 0.4) is 0 Å². The van der Waals surface area contributed by atoms with Gasteiger partial charge in [-0.1, -0.05) is 33.1 Å². The number of ether oxygens (including phenoxy) is 1. The van der Waals surface area contributed by atoms with Gasteiger partial charge in [0.1, 0.15) is 0 Å². The summed E-state index contributed by atoms with van der Waals surface area (Å²) in [7, 11) is 0. The molecule has 0 aromatic carbocycles. The maximum Gasteiger partial charge on any atom is 0.0616 e. The second-order valence-electron chi connectivity index (χ2n) is 6.99. The number of hydrogen-bond donors (Lipinski definition) is 2. The van der Waals surface area contributed by atoms with Crippen LogP contribution < -0.4 is 5.32 Å². The second-order valence-corrected chi connectivity index (χ2v) is 6.99. The molecule has 2 saturated carbocycles. The second kappa shape index (κ2) is 7.77. The lowest BCUT2D eigenvalue weighted by Crippen LogP contribution is -2.51. The Morgan fingerprint density at radius 3 is 2.80 bits per heavy atom. The first-order valence-corrected chi connectivity index (χ1v) is 8.67. The van der Waals surface area contributed by atoms with Crippen molar-refractivity contribution in [3.05, 3.63) is 0 Å². The summed E-state index contributed by atoms with van der Waals surface area (Å²) in [5, 5.41) is 13.3. The molecule has 3 nitrogen and oxygen atoms in total. The van der Waals surface area contributed by atoms with Crippen LogP contribution in [0.4, 0.5) is 0 Å². The van der Waals surface area contributed by atoms with E-state index in [1.54, 1.807) is 0 Å².